The second-order valence-electron chi connectivity index (χ2n) is 7.18. The van der Waals surface area contributed by atoms with Crippen LogP contribution in [0.5, 0.6) is 0 Å². The average Bonchev–Trinajstić information content (AvgIpc) is 3.37. The van der Waals surface area contributed by atoms with Crippen molar-refractivity contribution in [3.05, 3.63) is 35.4 Å². The summed E-state index contributed by atoms with van der Waals surface area (Å²) in [6.07, 6.45) is 2.98. The number of hydrogen-bond acceptors (Lipinski definition) is 2. The zero-order valence-electron chi connectivity index (χ0n) is 12.9. The molecular weight excluding hydrogens is 302 g/mol. The van der Waals surface area contributed by atoms with Crippen molar-refractivity contribution in [3.8, 4) is 0 Å². The monoisotopic (exact) mass is 320 g/mol. The van der Waals surface area contributed by atoms with Gasteiger partial charge in [0.15, 0.2) is 0 Å². The van der Waals surface area contributed by atoms with Crippen LogP contribution in [0.25, 0.3) is 0 Å². The second-order valence-corrected chi connectivity index (χ2v) is 7.18. The van der Waals surface area contributed by atoms with E-state index < -0.39 is 28.6 Å². The standard InChI is InChI=1S/C17H18F2N2O2/c1-16(10-5-6-10)14(22)21(15(23)20-16)9-17(7-8-17)13-11(18)3-2-4-12(13)19/h2-4,10H,5-9H2,1H3,(H,20,23)/t16-/m1/s1. The van der Waals surface area contributed by atoms with Gasteiger partial charge in [-0.2, -0.15) is 0 Å². The van der Waals surface area contributed by atoms with E-state index in [1.807, 2.05) is 0 Å². The Morgan fingerprint density at radius 3 is 2.35 bits per heavy atom. The first kappa shape index (κ1) is 14.6. The molecule has 1 aliphatic heterocycles. The first-order valence-electron chi connectivity index (χ1n) is 7.96. The summed E-state index contributed by atoms with van der Waals surface area (Å²) in [5.41, 5.74) is -1.64. The van der Waals surface area contributed by atoms with Gasteiger partial charge in [0.05, 0.1) is 0 Å². The van der Waals surface area contributed by atoms with Crippen LogP contribution < -0.4 is 5.32 Å². The number of urea groups is 1. The van der Waals surface area contributed by atoms with Gasteiger partial charge in [-0.25, -0.2) is 13.6 Å². The number of hydrogen-bond donors (Lipinski definition) is 1. The summed E-state index contributed by atoms with van der Waals surface area (Å²) >= 11 is 0. The van der Waals surface area contributed by atoms with E-state index >= 15 is 0 Å². The van der Waals surface area contributed by atoms with Crippen molar-refractivity contribution in [2.24, 2.45) is 5.92 Å². The van der Waals surface area contributed by atoms with Crippen LogP contribution in [0.3, 0.4) is 0 Å². The van der Waals surface area contributed by atoms with Gasteiger partial charge in [0, 0.05) is 17.5 Å². The fraction of sp³-hybridized carbons (Fsp3) is 0.529. The maximum Gasteiger partial charge on any atom is 0.325 e. The molecule has 4 rings (SSSR count). The van der Waals surface area contributed by atoms with E-state index in [1.165, 1.54) is 18.2 Å². The minimum absolute atomic E-state index is 0.000579. The molecule has 1 aromatic carbocycles. The molecule has 0 radical (unpaired) electrons. The molecule has 3 aliphatic rings. The van der Waals surface area contributed by atoms with Crippen molar-refractivity contribution in [1.82, 2.24) is 10.2 Å². The highest BCUT2D eigenvalue weighted by Crippen LogP contribution is 2.52. The van der Waals surface area contributed by atoms with Crippen LogP contribution in [-0.4, -0.2) is 28.9 Å². The first-order chi connectivity index (χ1) is 10.9. The molecule has 3 amide bonds. The summed E-state index contributed by atoms with van der Waals surface area (Å²) in [7, 11) is 0. The summed E-state index contributed by atoms with van der Waals surface area (Å²) in [4.78, 5) is 26.1. The zero-order valence-corrected chi connectivity index (χ0v) is 12.9. The van der Waals surface area contributed by atoms with Crippen molar-refractivity contribution in [2.75, 3.05) is 6.54 Å². The molecule has 23 heavy (non-hydrogen) atoms. The second kappa shape index (κ2) is 4.52. The van der Waals surface area contributed by atoms with Gasteiger partial charge in [0.25, 0.3) is 5.91 Å². The predicted octanol–water partition coefficient (Wildman–Crippen LogP) is 2.72. The number of carbonyl (C=O) groups excluding carboxylic acids is 2. The lowest BCUT2D eigenvalue weighted by Crippen LogP contribution is -2.46. The van der Waals surface area contributed by atoms with Gasteiger partial charge in [0.1, 0.15) is 17.2 Å². The number of benzene rings is 1. The number of imide groups is 1. The largest absolute Gasteiger partial charge is 0.325 e. The molecule has 0 unspecified atom stereocenters. The highest BCUT2D eigenvalue weighted by Gasteiger charge is 2.59. The normalized spacial score (nSPS) is 28.9. The fourth-order valence-corrected chi connectivity index (χ4v) is 3.74. The van der Waals surface area contributed by atoms with Gasteiger partial charge < -0.3 is 5.32 Å². The molecule has 1 saturated heterocycles. The molecular formula is C17H18F2N2O2. The average molecular weight is 320 g/mol. The minimum Gasteiger partial charge on any atom is -0.323 e. The van der Waals surface area contributed by atoms with Crippen molar-refractivity contribution in [1.29, 1.82) is 0 Å². The van der Waals surface area contributed by atoms with Crippen molar-refractivity contribution >= 4 is 11.9 Å². The third-order valence-electron chi connectivity index (χ3n) is 5.50. The Kier molecular flexibility index (Phi) is 2.87. The van der Waals surface area contributed by atoms with E-state index in [0.717, 1.165) is 17.7 Å². The maximum absolute atomic E-state index is 14.1. The number of carbonyl (C=O) groups is 2. The Balaban J connectivity index is 1.63. The lowest BCUT2D eigenvalue weighted by atomic mass is 9.92. The number of nitrogens with one attached hydrogen (secondary N) is 1. The predicted molar refractivity (Wildman–Crippen MR) is 78.6 cm³/mol. The van der Waals surface area contributed by atoms with Crippen LogP contribution in [0.15, 0.2) is 18.2 Å². The summed E-state index contributed by atoms with van der Waals surface area (Å²) in [6.45, 7) is 1.78. The Morgan fingerprint density at radius 1 is 1.22 bits per heavy atom. The van der Waals surface area contributed by atoms with E-state index in [-0.39, 0.29) is 23.9 Å². The van der Waals surface area contributed by atoms with Crippen LogP contribution in [-0.2, 0) is 10.2 Å². The molecule has 1 aromatic rings. The summed E-state index contributed by atoms with van der Waals surface area (Å²) < 4.78 is 28.2. The van der Waals surface area contributed by atoms with E-state index in [9.17, 15) is 18.4 Å². The molecule has 1 heterocycles. The van der Waals surface area contributed by atoms with Gasteiger partial charge in [-0.15, -0.1) is 0 Å². The molecule has 1 atom stereocenters. The molecule has 6 heteroatoms. The lowest BCUT2D eigenvalue weighted by molar-refractivity contribution is -0.131. The quantitative estimate of drug-likeness (QED) is 0.867. The molecule has 0 spiro atoms. The number of amides is 3. The first-order valence-corrected chi connectivity index (χ1v) is 7.96. The van der Waals surface area contributed by atoms with Crippen LogP contribution in [0.4, 0.5) is 13.6 Å². The molecule has 3 fully saturated rings. The Labute approximate surface area is 132 Å². The molecule has 0 bridgehead atoms. The summed E-state index contributed by atoms with van der Waals surface area (Å²) in [6, 6.07) is 3.31. The van der Waals surface area contributed by atoms with Crippen molar-refractivity contribution < 1.29 is 18.4 Å². The fourth-order valence-electron chi connectivity index (χ4n) is 3.74. The van der Waals surface area contributed by atoms with Gasteiger partial charge >= 0.3 is 6.03 Å². The van der Waals surface area contributed by atoms with Crippen molar-refractivity contribution in [2.45, 2.75) is 43.6 Å². The third-order valence-corrected chi connectivity index (χ3v) is 5.50. The van der Waals surface area contributed by atoms with E-state index in [4.69, 9.17) is 0 Å². The molecule has 2 aliphatic carbocycles. The smallest absolute Gasteiger partial charge is 0.323 e. The lowest BCUT2D eigenvalue weighted by Gasteiger charge is -2.24. The highest BCUT2D eigenvalue weighted by atomic mass is 19.1. The molecule has 4 nitrogen and oxygen atoms in total. The minimum atomic E-state index is -0.860. The van der Waals surface area contributed by atoms with Gasteiger partial charge in [0.2, 0.25) is 0 Å². The van der Waals surface area contributed by atoms with Gasteiger partial charge in [-0.05, 0) is 50.7 Å². The maximum atomic E-state index is 14.1. The van der Waals surface area contributed by atoms with Crippen molar-refractivity contribution in [3.63, 3.8) is 0 Å². The van der Waals surface area contributed by atoms with E-state index in [1.54, 1.807) is 6.92 Å². The van der Waals surface area contributed by atoms with Crippen LogP contribution in [0.2, 0.25) is 0 Å². The van der Waals surface area contributed by atoms with E-state index in [2.05, 4.69) is 5.32 Å². The van der Waals surface area contributed by atoms with Gasteiger partial charge in [-0.3, -0.25) is 9.69 Å². The number of rotatable bonds is 4. The molecule has 122 valence electrons. The van der Waals surface area contributed by atoms with Crippen LogP contribution in [0.1, 0.15) is 38.2 Å². The molecule has 2 saturated carbocycles. The van der Waals surface area contributed by atoms with E-state index in [0.29, 0.717) is 12.8 Å². The molecule has 0 aromatic heterocycles. The number of halogens is 2. The topological polar surface area (TPSA) is 49.4 Å². The summed E-state index contributed by atoms with van der Waals surface area (Å²) in [5, 5.41) is 2.77. The van der Waals surface area contributed by atoms with Crippen LogP contribution in [0, 0.1) is 17.6 Å². The third kappa shape index (κ3) is 2.07. The Bertz CT molecular complexity index is 692. The Hall–Kier alpha value is -1.98. The van der Waals surface area contributed by atoms with Gasteiger partial charge in [-0.1, -0.05) is 6.07 Å². The Morgan fingerprint density at radius 2 is 1.83 bits per heavy atom. The zero-order chi connectivity index (χ0) is 16.4. The van der Waals surface area contributed by atoms with Crippen LogP contribution >= 0.6 is 0 Å². The molecule has 1 N–H and O–H groups in total. The SMILES string of the molecule is C[C@]1(C2CC2)NC(=O)N(CC2(c3c(F)cccc3F)CC2)C1=O. The number of nitrogens with zero attached hydrogens (tertiary/aromatic N) is 1. The summed E-state index contributed by atoms with van der Waals surface area (Å²) in [5.74, 6) is -1.32. The highest BCUT2D eigenvalue weighted by molar-refractivity contribution is 6.07.